The van der Waals surface area contributed by atoms with Crippen molar-refractivity contribution in [2.45, 2.75) is 51.0 Å². The molecule has 0 aliphatic heterocycles. The average Bonchev–Trinajstić information content (AvgIpc) is 2.36. The number of aliphatic hydroxyl groups is 1. The van der Waals surface area contributed by atoms with E-state index in [9.17, 15) is 5.11 Å². The van der Waals surface area contributed by atoms with Gasteiger partial charge in [-0.1, -0.05) is 23.7 Å². The second-order valence-electron chi connectivity index (χ2n) is 7.69. The molecule has 0 radical (unpaired) electrons. The Morgan fingerprint density at radius 3 is 2.25 bits per heavy atom. The van der Waals surface area contributed by atoms with Crippen molar-refractivity contribution < 1.29 is 5.11 Å². The van der Waals surface area contributed by atoms with Crippen molar-refractivity contribution in [3.63, 3.8) is 0 Å². The molecule has 1 aromatic rings. The van der Waals surface area contributed by atoms with E-state index in [1.54, 1.807) is 0 Å². The van der Waals surface area contributed by atoms with Gasteiger partial charge in [0.2, 0.25) is 0 Å². The fourth-order valence-electron chi connectivity index (χ4n) is 5.78. The molecule has 1 nitrogen and oxygen atoms in total. The van der Waals surface area contributed by atoms with Crippen molar-refractivity contribution in [2.75, 3.05) is 0 Å². The highest BCUT2D eigenvalue weighted by atomic mass is 35.5. The number of rotatable bonds is 3. The van der Waals surface area contributed by atoms with Crippen molar-refractivity contribution in [3.05, 3.63) is 34.9 Å². The quantitative estimate of drug-likeness (QED) is 0.832. The molecule has 1 N–H and O–H groups in total. The smallest absolute Gasteiger partial charge is 0.0795 e. The predicted molar refractivity (Wildman–Crippen MR) is 81.6 cm³/mol. The zero-order valence-corrected chi connectivity index (χ0v) is 12.6. The Kier molecular flexibility index (Phi) is 3.12. The number of hydrogen-bond donors (Lipinski definition) is 1. The molecule has 108 valence electrons. The lowest BCUT2D eigenvalue weighted by Gasteiger charge is -2.57. The highest BCUT2D eigenvalue weighted by Gasteiger charge is 2.51. The second-order valence-corrected chi connectivity index (χ2v) is 8.13. The first-order chi connectivity index (χ1) is 9.62. The number of halogens is 1. The third-order valence-corrected chi connectivity index (χ3v) is 6.26. The molecule has 20 heavy (non-hydrogen) atoms. The van der Waals surface area contributed by atoms with Gasteiger partial charge >= 0.3 is 0 Å². The van der Waals surface area contributed by atoms with Crippen LogP contribution in [0.4, 0.5) is 0 Å². The molecule has 4 fully saturated rings. The summed E-state index contributed by atoms with van der Waals surface area (Å²) in [6.45, 7) is 0. The largest absolute Gasteiger partial charge is 0.388 e. The summed E-state index contributed by atoms with van der Waals surface area (Å²) in [6, 6.07) is 7.76. The Morgan fingerprint density at radius 1 is 1.10 bits per heavy atom. The van der Waals surface area contributed by atoms with Crippen LogP contribution in [0.25, 0.3) is 0 Å². The molecule has 2 heteroatoms. The molecular formula is C18H23ClO. The van der Waals surface area contributed by atoms with Crippen molar-refractivity contribution >= 4 is 11.6 Å². The molecule has 1 unspecified atom stereocenters. The predicted octanol–water partition coefficient (Wildman–Crippen LogP) is 4.98. The van der Waals surface area contributed by atoms with Crippen LogP contribution < -0.4 is 0 Å². The standard InChI is InChI=1S/C18H23ClO/c19-16-3-1-2-15(7-16)17(20)11-18-8-12-4-13(9-18)6-14(5-12)10-18/h1-3,7,12-14,17,20H,4-6,8-11H2. The Labute approximate surface area is 126 Å². The van der Waals surface area contributed by atoms with Crippen LogP contribution in [0, 0.1) is 23.2 Å². The summed E-state index contributed by atoms with van der Waals surface area (Å²) < 4.78 is 0. The summed E-state index contributed by atoms with van der Waals surface area (Å²) >= 11 is 6.05. The maximum atomic E-state index is 10.6. The lowest BCUT2D eigenvalue weighted by atomic mass is 9.48. The minimum atomic E-state index is -0.343. The molecule has 4 saturated carbocycles. The van der Waals surface area contributed by atoms with Gasteiger partial charge in [-0.15, -0.1) is 0 Å². The minimum absolute atomic E-state index is 0.343. The van der Waals surface area contributed by atoms with Crippen molar-refractivity contribution in [1.29, 1.82) is 0 Å². The third-order valence-electron chi connectivity index (χ3n) is 6.02. The van der Waals surface area contributed by atoms with Gasteiger partial charge in [0.1, 0.15) is 0 Å². The fourth-order valence-corrected chi connectivity index (χ4v) is 5.98. The summed E-state index contributed by atoms with van der Waals surface area (Å²) in [5.41, 5.74) is 1.42. The van der Waals surface area contributed by atoms with Gasteiger partial charge in [0.05, 0.1) is 6.10 Å². The first kappa shape index (κ1) is 13.2. The number of aliphatic hydroxyl groups excluding tert-OH is 1. The Balaban J connectivity index is 1.53. The summed E-state index contributed by atoms with van der Waals surface area (Å²) in [5.74, 6) is 2.86. The van der Waals surface area contributed by atoms with Gasteiger partial charge in [0.25, 0.3) is 0 Å². The normalized spacial score (nSPS) is 40.0. The lowest BCUT2D eigenvalue weighted by molar-refractivity contribution is -0.0764. The molecule has 4 bridgehead atoms. The SMILES string of the molecule is OC(CC12CC3CC(CC(C3)C1)C2)c1cccc(Cl)c1. The van der Waals surface area contributed by atoms with Crippen LogP contribution in [0.3, 0.4) is 0 Å². The van der Waals surface area contributed by atoms with Crippen molar-refractivity contribution in [3.8, 4) is 0 Å². The first-order valence-electron chi connectivity index (χ1n) is 8.05. The number of hydrogen-bond acceptors (Lipinski definition) is 1. The van der Waals surface area contributed by atoms with Gasteiger partial charge < -0.3 is 5.11 Å². The van der Waals surface area contributed by atoms with E-state index in [2.05, 4.69) is 0 Å². The summed E-state index contributed by atoms with van der Waals surface area (Å²) in [6.07, 6.45) is 9.07. The molecule has 0 spiro atoms. The van der Waals surface area contributed by atoms with Gasteiger partial charge in [-0.2, -0.15) is 0 Å². The maximum absolute atomic E-state index is 10.6. The summed E-state index contributed by atoms with van der Waals surface area (Å²) in [5, 5.41) is 11.4. The minimum Gasteiger partial charge on any atom is -0.388 e. The third kappa shape index (κ3) is 2.29. The van der Waals surface area contributed by atoms with E-state index in [1.165, 1.54) is 38.5 Å². The van der Waals surface area contributed by atoms with Crippen LogP contribution in [0.5, 0.6) is 0 Å². The zero-order chi connectivity index (χ0) is 13.7. The van der Waals surface area contributed by atoms with Gasteiger partial charge in [-0.05, 0) is 85.8 Å². The topological polar surface area (TPSA) is 20.2 Å². The molecule has 0 amide bonds. The Hall–Kier alpha value is -0.530. The van der Waals surface area contributed by atoms with Crippen LogP contribution >= 0.6 is 11.6 Å². The van der Waals surface area contributed by atoms with Crippen molar-refractivity contribution in [1.82, 2.24) is 0 Å². The monoisotopic (exact) mass is 290 g/mol. The molecule has 0 aromatic heterocycles. The molecule has 0 saturated heterocycles. The van der Waals surface area contributed by atoms with E-state index < -0.39 is 0 Å². The summed E-state index contributed by atoms with van der Waals surface area (Å²) in [4.78, 5) is 0. The zero-order valence-electron chi connectivity index (χ0n) is 11.9. The van der Waals surface area contributed by atoms with Gasteiger partial charge in [0.15, 0.2) is 0 Å². The molecule has 5 rings (SSSR count). The second kappa shape index (κ2) is 4.74. The average molecular weight is 291 g/mol. The molecule has 1 atom stereocenters. The number of benzene rings is 1. The molecule has 0 heterocycles. The van der Waals surface area contributed by atoms with Crippen LogP contribution in [0.2, 0.25) is 5.02 Å². The molecular weight excluding hydrogens is 268 g/mol. The molecule has 1 aromatic carbocycles. The lowest BCUT2D eigenvalue weighted by Crippen LogP contribution is -2.46. The van der Waals surface area contributed by atoms with Crippen LogP contribution in [-0.4, -0.2) is 5.11 Å². The van der Waals surface area contributed by atoms with Gasteiger partial charge in [-0.3, -0.25) is 0 Å². The van der Waals surface area contributed by atoms with Gasteiger partial charge in [0, 0.05) is 5.02 Å². The van der Waals surface area contributed by atoms with Gasteiger partial charge in [-0.25, -0.2) is 0 Å². The van der Waals surface area contributed by atoms with E-state index >= 15 is 0 Å². The highest BCUT2D eigenvalue weighted by Crippen LogP contribution is 2.62. The van der Waals surface area contributed by atoms with E-state index in [4.69, 9.17) is 11.6 Å². The van der Waals surface area contributed by atoms with Crippen molar-refractivity contribution in [2.24, 2.45) is 23.2 Å². The maximum Gasteiger partial charge on any atom is 0.0795 e. The molecule has 4 aliphatic rings. The van der Waals surface area contributed by atoms with E-state index in [-0.39, 0.29) is 6.10 Å². The molecule has 4 aliphatic carbocycles. The van der Waals surface area contributed by atoms with E-state index in [0.717, 1.165) is 34.8 Å². The van der Waals surface area contributed by atoms with Crippen LogP contribution in [0.1, 0.15) is 56.6 Å². The highest BCUT2D eigenvalue weighted by molar-refractivity contribution is 6.30. The fraction of sp³-hybridized carbons (Fsp3) is 0.667. The van der Waals surface area contributed by atoms with E-state index in [1.807, 2.05) is 24.3 Å². The Morgan fingerprint density at radius 2 is 1.70 bits per heavy atom. The Bertz CT molecular complexity index is 475. The van der Waals surface area contributed by atoms with Crippen LogP contribution in [0.15, 0.2) is 24.3 Å². The van der Waals surface area contributed by atoms with Crippen LogP contribution in [-0.2, 0) is 0 Å². The first-order valence-corrected chi connectivity index (χ1v) is 8.43. The van der Waals surface area contributed by atoms with E-state index in [0.29, 0.717) is 5.41 Å². The summed E-state index contributed by atoms with van der Waals surface area (Å²) in [7, 11) is 0.